The van der Waals surface area contributed by atoms with Crippen LogP contribution in [0.25, 0.3) is 0 Å². The van der Waals surface area contributed by atoms with Crippen LogP contribution in [-0.4, -0.2) is 0 Å². The molecule has 0 aliphatic carbocycles. The second kappa shape index (κ2) is 22.2. The molecule has 0 atom stereocenters. The Bertz CT molecular complexity index is 1500. The van der Waals surface area contributed by atoms with Crippen LogP contribution in [0.4, 0.5) is 0 Å². The first kappa shape index (κ1) is 45.9. The van der Waals surface area contributed by atoms with Crippen molar-refractivity contribution < 1.29 is 37.6 Å². The Morgan fingerprint density at radius 2 is 0.588 bits per heavy atom. The van der Waals surface area contributed by atoms with Crippen molar-refractivity contribution in [3.8, 4) is 23.0 Å². The molecule has 0 aromatic heterocycles. The van der Waals surface area contributed by atoms with Crippen LogP contribution in [0.15, 0.2) is 97.1 Å². The predicted molar refractivity (Wildman–Crippen MR) is 226 cm³/mol. The van der Waals surface area contributed by atoms with Crippen LogP contribution >= 0.6 is 11.4 Å². The molecule has 0 saturated carbocycles. The maximum atomic E-state index is 6.02. The van der Waals surface area contributed by atoms with Gasteiger partial charge < -0.3 is 42.6 Å². The van der Waals surface area contributed by atoms with Gasteiger partial charge in [-0.25, -0.2) is 0 Å². The molecule has 0 bridgehead atoms. The summed E-state index contributed by atoms with van der Waals surface area (Å²) in [6.07, 6.45) is 3.69. The summed E-state index contributed by atoms with van der Waals surface area (Å²) in [5.74, 6) is 5.10. The van der Waals surface area contributed by atoms with Gasteiger partial charge in [0.25, 0.3) is 0 Å². The van der Waals surface area contributed by atoms with Crippen molar-refractivity contribution in [3.05, 3.63) is 119 Å². The smallest absolute Gasteiger partial charge is 0.665 e. The molecular formula is C40H52O4P2S4Zn. The zero-order chi connectivity index (χ0) is 36.9. The Hall–Kier alpha value is -1.30. The predicted octanol–water partition coefficient (Wildman–Crippen LogP) is 12.6. The number of rotatable bonds is 16. The molecule has 0 saturated heterocycles. The number of hydrogen-bond acceptors (Lipinski definition) is 8. The van der Waals surface area contributed by atoms with Gasteiger partial charge in [-0.05, 0) is 119 Å². The first-order valence-corrected chi connectivity index (χ1v) is 24.6. The Balaban J connectivity index is 0.000000347. The Morgan fingerprint density at radius 1 is 0.412 bits per heavy atom. The topological polar surface area (TPSA) is 36.9 Å². The minimum absolute atomic E-state index is 0. The van der Waals surface area contributed by atoms with Crippen molar-refractivity contribution in [2.45, 2.75) is 81.1 Å². The average Bonchev–Trinajstić information content (AvgIpc) is 3.00. The molecule has 4 aromatic carbocycles. The number of benzene rings is 4. The third kappa shape index (κ3) is 17.2. The van der Waals surface area contributed by atoms with Crippen molar-refractivity contribution in [2.75, 3.05) is 0 Å². The van der Waals surface area contributed by atoms with Crippen LogP contribution in [0, 0.1) is 23.7 Å². The van der Waals surface area contributed by atoms with Crippen molar-refractivity contribution in [3.63, 3.8) is 0 Å². The SMILES string of the molecule is CC(C)Cc1ccccc1OP(=S)([S-])Oc1ccccc1CC(C)C.CC(C)Cc1ccccc1OP(=S)([S-])Oc1ccccc1CC(C)C.[Zn+2]. The van der Waals surface area contributed by atoms with E-state index in [-0.39, 0.29) is 19.5 Å². The Kier molecular flexibility index (Phi) is 19.9. The van der Waals surface area contributed by atoms with E-state index in [0.29, 0.717) is 23.7 Å². The van der Waals surface area contributed by atoms with E-state index in [1.165, 1.54) is 0 Å². The Labute approximate surface area is 341 Å². The second-order valence-corrected chi connectivity index (χ2v) is 23.8. The Morgan fingerprint density at radius 3 is 0.765 bits per heavy atom. The molecular weight excluding hydrogens is 800 g/mol. The molecule has 0 radical (unpaired) electrons. The molecule has 0 fully saturated rings. The van der Waals surface area contributed by atoms with Gasteiger partial charge in [-0.2, -0.15) is 0 Å². The molecule has 0 N–H and O–H groups in total. The molecule has 0 spiro atoms. The normalized spacial score (nSPS) is 11.6. The third-order valence-corrected chi connectivity index (χ3v) is 10.7. The van der Waals surface area contributed by atoms with Crippen LogP contribution in [0.2, 0.25) is 0 Å². The molecule has 0 aliphatic heterocycles. The van der Waals surface area contributed by atoms with E-state index in [1.807, 2.05) is 72.8 Å². The van der Waals surface area contributed by atoms with Crippen LogP contribution in [0.5, 0.6) is 23.0 Å². The summed E-state index contributed by atoms with van der Waals surface area (Å²) in [5.41, 5.74) is -1.24. The molecule has 0 aliphatic rings. The summed E-state index contributed by atoms with van der Waals surface area (Å²) in [7, 11) is 0. The van der Waals surface area contributed by atoms with Gasteiger partial charge in [0.1, 0.15) is 23.0 Å². The zero-order valence-corrected chi connectivity index (χ0v) is 39.3. The van der Waals surface area contributed by atoms with E-state index >= 15 is 0 Å². The van der Waals surface area contributed by atoms with Gasteiger partial charge in [-0.3, -0.25) is 0 Å². The molecule has 0 unspecified atom stereocenters. The largest absolute Gasteiger partial charge is 2.00 e. The van der Waals surface area contributed by atoms with Crippen molar-refractivity contribution in [2.24, 2.45) is 23.7 Å². The summed E-state index contributed by atoms with van der Waals surface area (Å²) >= 11 is 22.1. The minimum Gasteiger partial charge on any atom is -0.665 e. The van der Waals surface area contributed by atoms with E-state index in [1.54, 1.807) is 0 Å². The standard InChI is InChI=1S/2C20H27O2PS2.Zn/c2*1-15(2)13-17-9-5-7-11-19(17)21-23(24,25)22-20-12-8-6-10-18(20)14-16(3)4;/h2*5-12,15-16H,13-14H2,1-4H3,(H,24,25);/q;;+2/p-2. The van der Waals surface area contributed by atoms with E-state index < -0.39 is 11.4 Å². The monoisotopic (exact) mass is 850 g/mol. The van der Waals surface area contributed by atoms with Gasteiger partial charge in [0, 0.05) is 0 Å². The summed E-state index contributed by atoms with van der Waals surface area (Å²) in [5, 5.41) is 0. The minimum atomic E-state index is -2.86. The van der Waals surface area contributed by atoms with Gasteiger partial charge in [-0.1, -0.05) is 128 Å². The van der Waals surface area contributed by atoms with Gasteiger partial charge >= 0.3 is 19.5 Å². The average molecular weight is 852 g/mol. The van der Waals surface area contributed by atoms with E-state index in [9.17, 15) is 0 Å². The van der Waals surface area contributed by atoms with Gasteiger partial charge in [0.05, 0.1) is 0 Å². The quantitative estimate of drug-likeness (QED) is 0.0627. The molecule has 11 heteroatoms. The van der Waals surface area contributed by atoms with Crippen molar-refractivity contribution in [1.29, 1.82) is 0 Å². The van der Waals surface area contributed by atoms with Gasteiger partial charge in [0.15, 0.2) is 11.4 Å². The molecule has 272 valence electrons. The first-order chi connectivity index (χ1) is 23.5. The number of hydrogen-bond donors (Lipinski definition) is 0. The first-order valence-electron chi connectivity index (χ1n) is 17.3. The maximum absolute atomic E-state index is 6.02. The van der Waals surface area contributed by atoms with Crippen LogP contribution in [0.1, 0.15) is 77.6 Å². The van der Waals surface area contributed by atoms with Crippen LogP contribution in [0.3, 0.4) is 0 Å². The van der Waals surface area contributed by atoms with Crippen molar-refractivity contribution in [1.82, 2.24) is 0 Å². The summed E-state index contributed by atoms with van der Waals surface area (Å²) in [4.78, 5) is 0. The molecule has 4 aromatic rings. The van der Waals surface area contributed by atoms with E-state index in [4.69, 9.17) is 66.2 Å². The molecule has 4 nitrogen and oxygen atoms in total. The fraction of sp³-hybridized carbons (Fsp3) is 0.400. The zero-order valence-electron chi connectivity index (χ0n) is 31.2. The van der Waals surface area contributed by atoms with Gasteiger partial charge in [-0.15, -0.1) is 0 Å². The summed E-state index contributed by atoms with van der Waals surface area (Å²) in [6.45, 7) is 17.4. The molecule has 0 amide bonds. The summed E-state index contributed by atoms with van der Waals surface area (Å²) in [6, 6.07) is 31.8. The van der Waals surface area contributed by atoms with Crippen LogP contribution < -0.4 is 18.1 Å². The molecule has 0 heterocycles. The fourth-order valence-corrected chi connectivity index (χ4v) is 9.00. The molecule has 4 rings (SSSR count). The van der Waals surface area contributed by atoms with Crippen LogP contribution in [-0.2, 0) is 93.3 Å². The molecule has 51 heavy (non-hydrogen) atoms. The van der Waals surface area contributed by atoms with Crippen molar-refractivity contribution >= 4 is 59.5 Å². The fourth-order valence-electron chi connectivity index (χ4n) is 5.32. The number of para-hydroxylation sites is 4. The van der Waals surface area contributed by atoms with Gasteiger partial charge in [0.2, 0.25) is 0 Å². The maximum Gasteiger partial charge on any atom is 2.00 e. The second-order valence-electron chi connectivity index (χ2n) is 14.1. The third-order valence-electron chi connectivity index (χ3n) is 7.24. The van der Waals surface area contributed by atoms with E-state index in [0.717, 1.165) is 70.9 Å². The van der Waals surface area contributed by atoms with E-state index in [2.05, 4.69) is 79.7 Å². The summed E-state index contributed by atoms with van der Waals surface area (Å²) < 4.78 is 24.1.